The van der Waals surface area contributed by atoms with Gasteiger partial charge >= 0.3 is 0 Å². The van der Waals surface area contributed by atoms with Gasteiger partial charge < -0.3 is 0 Å². The topological polar surface area (TPSA) is 17.1 Å². The van der Waals surface area contributed by atoms with E-state index in [2.05, 4.69) is 40.2 Å². The number of halogens is 1. The zero-order chi connectivity index (χ0) is 11.8. The molecule has 0 heterocycles. The zero-order valence-electron chi connectivity index (χ0n) is 9.19. The fourth-order valence-electron chi connectivity index (χ4n) is 2.25. The Morgan fingerprint density at radius 2 is 1.76 bits per heavy atom. The van der Waals surface area contributed by atoms with E-state index < -0.39 is 0 Å². The number of ketones is 1. The van der Waals surface area contributed by atoms with Gasteiger partial charge in [-0.3, -0.25) is 4.79 Å². The van der Waals surface area contributed by atoms with Gasteiger partial charge in [-0.15, -0.1) is 0 Å². The quantitative estimate of drug-likeness (QED) is 0.728. The molecule has 17 heavy (non-hydrogen) atoms. The number of carbonyl (C=O) groups excluding carboxylic acids is 1. The summed E-state index contributed by atoms with van der Waals surface area (Å²) in [5.74, 6) is 0.206. The zero-order valence-corrected chi connectivity index (χ0v) is 10.8. The maximum atomic E-state index is 11.9. The third-order valence-corrected chi connectivity index (χ3v) is 3.91. The first-order chi connectivity index (χ1) is 8.25. The Morgan fingerprint density at radius 3 is 2.53 bits per heavy atom. The molecule has 0 aliphatic heterocycles. The second kappa shape index (κ2) is 4.11. The average Bonchev–Trinajstić information content (AvgIpc) is 2.66. The summed E-state index contributed by atoms with van der Waals surface area (Å²) in [6, 6.07) is 16.3. The molecule has 1 unspecified atom stereocenters. The molecule has 84 valence electrons. The fraction of sp³-hybridized carbons (Fsp3) is 0.133. The largest absolute Gasteiger partial charge is 0.293 e. The number of Topliss-reactive ketones (excluding diaryl/α,β-unsaturated/α-hetero) is 1. The molecule has 1 aliphatic rings. The summed E-state index contributed by atoms with van der Waals surface area (Å²) in [5.41, 5.74) is 4.28. The highest BCUT2D eigenvalue weighted by atomic mass is 79.9. The molecule has 2 aromatic carbocycles. The van der Waals surface area contributed by atoms with Crippen LogP contribution in [-0.4, -0.2) is 10.6 Å². The number of hydrogen-bond acceptors (Lipinski definition) is 1. The maximum absolute atomic E-state index is 11.9. The summed E-state index contributed by atoms with van der Waals surface area (Å²) >= 11 is 3.42. The first-order valence-electron chi connectivity index (χ1n) is 5.62. The Balaban J connectivity index is 2.09. The van der Waals surface area contributed by atoms with Gasteiger partial charge in [0.15, 0.2) is 5.78 Å². The van der Waals surface area contributed by atoms with E-state index in [9.17, 15) is 4.79 Å². The van der Waals surface area contributed by atoms with E-state index in [4.69, 9.17) is 0 Å². The molecular formula is C15H11BrO. The molecule has 0 N–H and O–H groups in total. The molecule has 2 heteroatoms. The molecule has 0 amide bonds. The number of rotatable bonds is 1. The monoisotopic (exact) mass is 286 g/mol. The van der Waals surface area contributed by atoms with E-state index in [1.165, 1.54) is 0 Å². The van der Waals surface area contributed by atoms with E-state index in [-0.39, 0.29) is 10.6 Å². The van der Waals surface area contributed by atoms with Gasteiger partial charge in [-0.1, -0.05) is 58.4 Å². The minimum absolute atomic E-state index is 0.0384. The summed E-state index contributed by atoms with van der Waals surface area (Å²) in [4.78, 5) is 11.9. The molecule has 0 bridgehead atoms. The average molecular weight is 287 g/mol. The normalized spacial score (nSPS) is 18.2. The van der Waals surface area contributed by atoms with E-state index >= 15 is 0 Å². The van der Waals surface area contributed by atoms with Crippen molar-refractivity contribution in [1.29, 1.82) is 0 Å². The van der Waals surface area contributed by atoms with Crippen LogP contribution >= 0.6 is 15.9 Å². The van der Waals surface area contributed by atoms with Gasteiger partial charge in [-0.2, -0.15) is 0 Å². The minimum Gasteiger partial charge on any atom is -0.293 e. The SMILES string of the molecule is O=C1c2cc(-c3ccccc3)ccc2CC1Br. The van der Waals surface area contributed by atoms with Crippen molar-refractivity contribution in [3.05, 3.63) is 59.7 Å². The Labute approximate surface area is 109 Å². The lowest BCUT2D eigenvalue weighted by Gasteiger charge is -2.04. The predicted octanol–water partition coefficient (Wildman–Crippen LogP) is 3.86. The highest BCUT2D eigenvalue weighted by Gasteiger charge is 2.28. The third-order valence-electron chi connectivity index (χ3n) is 3.17. The van der Waals surface area contributed by atoms with Crippen LogP contribution in [0.4, 0.5) is 0 Å². The van der Waals surface area contributed by atoms with Gasteiger partial charge in [-0.05, 0) is 29.2 Å². The summed E-state index contributed by atoms with van der Waals surface area (Å²) in [6.07, 6.45) is 0.809. The number of benzene rings is 2. The van der Waals surface area contributed by atoms with E-state index in [1.54, 1.807) is 0 Å². The van der Waals surface area contributed by atoms with Crippen molar-refractivity contribution < 1.29 is 4.79 Å². The molecule has 1 nitrogen and oxygen atoms in total. The molecule has 0 radical (unpaired) electrons. The van der Waals surface area contributed by atoms with Crippen molar-refractivity contribution in [2.24, 2.45) is 0 Å². The predicted molar refractivity (Wildman–Crippen MR) is 72.6 cm³/mol. The Bertz CT molecular complexity index is 575. The van der Waals surface area contributed by atoms with Crippen molar-refractivity contribution in [3.8, 4) is 11.1 Å². The second-order valence-corrected chi connectivity index (χ2v) is 5.38. The summed E-state index contributed by atoms with van der Waals surface area (Å²) in [6.45, 7) is 0. The van der Waals surface area contributed by atoms with E-state index in [0.29, 0.717) is 0 Å². The van der Waals surface area contributed by atoms with Crippen LogP contribution in [0.1, 0.15) is 15.9 Å². The lowest BCUT2D eigenvalue weighted by Crippen LogP contribution is -2.06. The molecule has 0 saturated carbocycles. The van der Waals surface area contributed by atoms with Crippen molar-refractivity contribution in [2.75, 3.05) is 0 Å². The molecular weight excluding hydrogens is 276 g/mol. The van der Waals surface area contributed by atoms with Gasteiger partial charge in [0.05, 0.1) is 4.83 Å². The molecule has 0 fully saturated rings. The number of fused-ring (bicyclic) bond motifs is 1. The third kappa shape index (κ3) is 1.83. The van der Waals surface area contributed by atoms with Crippen LogP contribution in [0.15, 0.2) is 48.5 Å². The first kappa shape index (κ1) is 10.7. The highest BCUT2D eigenvalue weighted by Crippen LogP contribution is 2.30. The maximum Gasteiger partial charge on any atom is 0.177 e. The Hall–Kier alpha value is -1.41. The van der Waals surface area contributed by atoms with Crippen LogP contribution in [0.2, 0.25) is 0 Å². The van der Waals surface area contributed by atoms with Gasteiger partial charge in [0.2, 0.25) is 0 Å². The summed E-state index contributed by atoms with van der Waals surface area (Å²) < 4.78 is 0. The summed E-state index contributed by atoms with van der Waals surface area (Å²) in [7, 11) is 0. The van der Waals surface area contributed by atoms with Crippen molar-refractivity contribution in [2.45, 2.75) is 11.2 Å². The lowest BCUT2D eigenvalue weighted by molar-refractivity contribution is 0.100. The number of carbonyl (C=O) groups is 1. The Kier molecular flexibility index (Phi) is 2.60. The van der Waals surface area contributed by atoms with Crippen molar-refractivity contribution in [3.63, 3.8) is 0 Å². The first-order valence-corrected chi connectivity index (χ1v) is 6.54. The highest BCUT2D eigenvalue weighted by molar-refractivity contribution is 9.10. The molecule has 0 spiro atoms. The summed E-state index contributed by atoms with van der Waals surface area (Å²) in [5, 5.41) is 0. The van der Waals surface area contributed by atoms with Crippen molar-refractivity contribution >= 4 is 21.7 Å². The molecule has 3 rings (SSSR count). The molecule has 1 aliphatic carbocycles. The molecule has 1 atom stereocenters. The van der Waals surface area contributed by atoms with E-state index in [1.807, 2.05) is 24.3 Å². The second-order valence-electron chi connectivity index (χ2n) is 4.27. The minimum atomic E-state index is -0.0384. The van der Waals surface area contributed by atoms with Crippen LogP contribution in [0.5, 0.6) is 0 Å². The smallest absolute Gasteiger partial charge is 0.177 e. The van der Waals surface area contributed by atoms with Gasteiger partial charge in [0.25, 0.3) is 0 Å². The van der Waals surface area contributed by atoms with Crippen LogP contribution in [0, 0.1) is 0 Å². The molecule has 0 aromatic heterocycles. The Morgan fingerprint density at radius 1 is 1.00 bits per heavy atom. The van der Waals surface area contributed by atoms with Crippen LogP contribution in [0.25, 0.3) is 11.1 Å². The van der Waals surface area contributed by atoms with Gasteiger partial charge in [-0.25, -0.2) is 0 Å². The number of hydrogen-bond donors (Lipinski definition) is 0. The number of alkyl halides is 1. The van der Waals surface area contributed by atoms with Crippen LogP contribution < -0.4 is 0 Å². The lowest BCUT2D eigenvalue weighted by atomic mass is 10.0. The van der Waals surface area contributed by atoms with Crippen LogP contribution in [0.3, 0.4) is 0 Å². The molecule has 2 aromatic rings. The molecule has 0 saturated heterocycles. The van der Waals surface area contributed by atoms with Crippen LogP contribution in [-0.2, 0) is 6.42 Å². The fourth-order valence-corrected chi connectivity index (χ4v) is 2.84. The standard InChI is InChI=1S/C15H11BrO/c16-14-9-12-7-6-11(8-13(12)15(14)17)10-4-2-1-3-5-10/h1-8,14H,9H2. The van der Waals surface area contributed by atoms with Gasteiger partial charge in [0.1, 0.15) is 0 Å². The van der Waals surface area contributed by atoms with Gasteiger partial charge in [0, 0.05) is 5.56 Å². The van der Waals surface area contributed by atoms with Crippen molar-refractivity contribution in [1.82, 2.24) is 0 Å². The van der Waals surface area contributed by atoms with E-state index in [0.717, 1.165) is 28.7 Å².